The SMILES string of the molecule is Cc1nccc(C(=O)N2CCC[C@H](Cc3cnc4ccccc4c3)C2)n1. The Bertz CT molecular complexity index is 940. The molecular weight excluding hydrogens is 324 g/mol. The van der Waals surface area contributed by atoms with Gasteiger partial charge in [-0.05, 0) is 55.9 Å². The van der Waals surface area contributed by atoms with E-state index >= 15 is 0 Å². The normalized spacial score (nSPS) is 17.4. The second-order valence-electron chi connectivity index (χ2n) is 6.99. The summed E-state index contributed by atoms with van der Waals surface area (Å²) >= 11 is 0. The van der Waals surface area contributed by atoms with Crippen molar-refractivity contribution >= 4 is 16.8 Å². The molecule has 1 saturated heterocycles. The molecule has 26 heavy (non-hydrogen) atoms. The third-order valence-electron chi connectivity index (χ3n) is 4.97. The minimum atomic E-state index is 0.0110. The van der Waals surface area contributed by atoms with Crippen LogP contribution in [0.3, 0.4) is 0 Å². The van der Waals surface area contributed by atoms with Crippen molar-refractivity contribution in [3.63, 3.8) is 0 Å². The van der Waals surface area contributed by atoms with E-state index in [0.717, 1.165) is 37.9 Å². The predicted molar refractivity (Wildman–Crippen MR) is 101 cm³/mol. The summed E-state index contributed by atoms with van der Waals surface area (Å²) in [5.74, 6) is 1.10. The van der Waals surface area contributed by atoms with Gasteiger partial charge in [0.15, 0.2) is 0 Å². The van der Waals surface area contributed by atoms with E-state index < -0.39 is 0 Å². The molecule has 132 valence electrons. The van der Waals surface area contributed by atoms with Crippen molar-refractivity contribution in [1.29, 1.82) is 0 Å². The van der Waals surface area contributed by atoms with Gasteiger partial charge in [-0.1, -0.05) is 18.2 Å². The molecule has 2 aromatic heterocycles. The first kappa shape index (κ1) is 16.6. The lowest BCUT2D eigenvalue weighted by atomic mass is 9.91. The van der Waals surface area contributed by atoms with Crippen molar-refractivity contribution in [2.75, 3.05) is 13.1 Å². The van der Waals surface area contributed by atoms with Crippen LogP contribution in [0.15, 0.2) is 48.8 Å². The second-order valence-corrected chi connectivity index (χ2v) is 6.99. The highest BCUT2D eigenvalue weighted by atomic mass is 16.2. The number of aryl methyl sites for hydroxylation is 1. The van der Waals surface area contributed by atoms with Crippen LogP contribution in [-0.4, -0.2) is 38.8 Å². The highest BCUT2D eigenvalue weighted by molar-refractivity contribution is 5.92. The first-order valence-corrected chi connectivity index (χ1v) is 9.11. The van der Waals surface area contributed by atoms with Crippen molar-refractivity contribution in [3.8, 4) is 0 Å². The summed E-state index contributed by atoms with van der Waals surface area (Å²) in [4.78, 5) is 27.6. The van der Waals surface area contributed by atoms with Crippen LogP contribution in [0.25, 0.3) is 10.9 Å². The van der Waals surface area contributed by atoms with Crippen LogP contribution in [-0.2, 0) is 6.42 Å². The zero-order valence-corrected chi connectivity index (χ0v) is 14.9. The molecule has 0 unspecified atom stereocenters. The van der Waals surface area contributed by atoms with E-state index in [1.807, 2.05) is 36.2 Å². The average Bonchev–Trinajstić information content (AvgIpc) is 2.67. The van der Waals surface area contributed by atoms with Crippen LogP contribution in [0.5, 0.6) is 0 Å². The summed E-state index contributed by atoms with van der Waals surface area (Å²) in [6.07, 6.45) is 6.74. The van der Waals surface area contributed by atoms with Crippen molar-refractivity contribution in [2.45, 2.75) is 26.2 Å². The minimum Gasteiger partial charge on any atom is -0.337 e. The van der Waals surface area contributed by atoms with Gasteiger partial charge in [0.1, 0.15) is 11.5 Å². The summed E-state index contributed by atoms with van der Waals surface area (Å²) in [7, 11) is 0. The third-order valence-corrected chi connectivity index (χ3v) is 4.97. The van der Waals surface area contributed by atoms with Crippen LogP contribution >= 0.6 is 0 Å². The van der Waals surface area contributed by atoms with Gasteiger partial charge in [-0.3, -0.25) is 9.78 Å². The van der Waals surface area contributed by atoms with E-state index in [1.165, 1.54) is 10.9 Å². The van der Waals surface area contributed by atoms with Gasteiger partial charge in [-0.25, -0.2) is 9.97 Å². The average molecular weight is 346 g/mol. The standard InChI is InChI=1S/C21H22N4O/c1-15-22-9-8-20(24-15)21(26)25-10-4-5-16(14-25)11-17-12-18-6-2-3-7-19(18)23-13-17/h2-3,6-9,12-13,16H,4-5,10-11,14H2,1H3/t16-/m1/s1. The van der Waals surface area contributed by atoms with E-state index in [0.29, 0.717) is 17.4 Å². The largest absolute Gasteiger partial charge is 0.337 e. The summed E-state index contributed by atoms with van der Waals surface area (Å²) in [5.41, 5.74) is 2.75. The number of pyridine rings is 1. The van der Waals surface area contributed by atoms with Gasteiger partial charge in [-0.15, -0.1) is 0 Å². The summed E-state index contributed by atoms with van der Waals surface area (Å²) in [6.45, 7) is 3.38. The van der Waals surface area contributed by atoms with Crippen molar-refractivity contribution in [3.05, 3.63) is 65.9 Å². The van der Waals surface area contributed by atoms with Crippen LogP contribution < -0.4 is 0 Å². The molecule has 1 fully saturated rings. The number of piperidine rings is 1. The zero-order valence-electron chi connectivity index (χ0n) is 14.9. The number of nitrogens with zero attached hydrogens (tertiary/aromatic N) is 4. The van der Waals surface area contributed by atoms with Crippen molar-refractivity contribution in [2.24, 2.45) is 5.92 Å². The molecule has 1 amide bonds. The van der Waals surface area contributed by atoms with Gasteiger partial charge in [0, 0.05) is 30.9 Å². The number of likely N-dealkylation sites (tertiary alicyclic amines) is 1. The van der Waals surface area contributed by atoms with Crippen LogP contribution in [0, 0.1) is 12.8 Å². The smallest absolute Gasteiger partial charge is 0.272 e. The molecule has 3 heterocycles. The molecule has 0 bridgehead atoms. The molecule has 1 aliphatic heterocycles. The highest BCUT2D eigenvalue weighted by Crippen LogP contribution is 2.23. The summed E-state index contributed by atoms with van der Waals surface area (Å²) in [5, 5.41) is 1.17. The molecule has 3 aromatic rings. The van der Waals surface area contributed by atoms with Gasteiger partial charge in [0.25, 0.3) is 5.91 Å². The van der Waals surface area contributed by atoms with E-state index in [1.54, 1.807) is 12.3 Å². The van der Waals surface area contributed by atoms with Gasteiger partial charge in [0.2, 0.25) is 0 Å². The molecule has 4 rings (SSSR count). The Morgan fingerprint density at radius 2 is 2.12 bits per heavy atom. The Kier molecular flexibility index (Phi) is 4.61. The first-order valence-electron chi connectivity index (χ1n) is 9.11. The van der Waals surface area contributed by atoms with Gasteiger partial charge < -0.3 is 4.90 Å². The van der Waals surface area contributed by atoms with Crippen molar-refractivity contribution in [1.82, 2.24) is 19.9 Å². The molecule has 1 aromatic carbocycles. The molecule has 1 atom stereocenters. The Morgan fingerprint density at radius 3 is 3.00 bits per heavy atom. The number of aromatic nitrogens is 3. The lowest BCUT2D eigenvalue weighted by Crippen LogP contribution is -2.40. The molecule has 0 spiro atoms. The molecule has 1 aliphatic rings. The number of hydrogen-bond donors (Lipinski definition) is 0. The zero-order chi connectivity index (χ0) is 17.9. The minimum absolute atomic E-state index is 0.0110. The Labute approximate surface area is 153 Å². The fourth-order valence-corrected chi connectivity index (χ4v) is 3.72. The number of amides is 1. The van der Waals surface area contributed by atoms with Gasteiger partial charge in [-0.2, -0.15) is 0 Å². The quantitative estimate of drug-likeness (QED) is 0.729. The number of para-hydroxylation sites is 1. The number of hydrogen-bond acceptors (Lipinski definition) is 4. The van der Waals surface area contributed by atoms with E-state index in [4.69, 9.17) is 0 Å². The fraction of sp³-hybridized carbons (Fsp3) is 0.333. The molecule has 0 saturated carbocycles. The van der Waals surface area contributed by atoms with Crippen LogP contribution in [0.4, 0.5) is 0 Å². The van der Waals surface area contributed by atoms with E-state index in [-0.39, 0.29) is 5.91 Å². The third kappa shape index (κ3) is 3.57. The summed E-state index contributed by atoms with van der Waals surface area (Å²) < 4.78 is 0. The maximum absolute atomic E-state index is 12.7. The lowest BCUT2D eigenvalue weighted by molar-refractivity contribution is 0.0667. The highest BCUT2D eigenvalue weighted by Gasteiger charge is 2.25. The van der Waals surface area contributed by atoms with Gasteiger partial charge in [0.05, 0.1) is 5.52 Å². The second kappa shape index (κ2) is 7.20. The first-order chi connectivity index (χ1) is 12.7. The van der Waals surface area contributed by atoms with E-state index in [2.05, 4.69) is 27.1 Å². The lowest BCUT2D eigenvalue weighted by Gasteiger charge is -2.32. The van der Waals surface area contributed by atoms with Gasteiger partial charge >= 0.3 is 0 Å². The maximum atomic E-state index is 12.7. The van der Waals surface area contributed by atoms with Crippen LogP contribution in [0.1, 0.15) is 34.7 Å². The molecule has 0 N–H and O–H groups in total. The predicted octanol–water partition coefficient (Wildman–Crippen LogP) is 3.43. The molecule has 5 heteroatoms. The molecular formula is C21H22N4O. The van der Waals surface area contributed by atoms with Crippen molar-refractivity contribution < 1.29 is 4.79 Å². The summed E-state index contributed by atoms with van der Waals surface area (Å²) in [6, 6.07) is 12.1. The fourth-order valence-electron chi connectivity index (χ4n) is 3.72. The molecule has 5 nitrogen and oxygen atoms in total. The van der Waals surface area contributed by atoms with Crippen LogP contribution in [0.2, 0.25) is 0 Å². The number of benzene rings is 1. The number of fused-ring (bicyclic) bond motifs is 1. The Morgan fingerprint density at radius 1 is 1.23 bits per heavy atom. The number of rotatable bonds is 3. The van der Waals surface area contributed by atoms with E-state index in [9.17, 15) is 4.79 Å². The number of carbonyl (C=O) groups excluding carboxylic acids is 1. The Balaban J connectivity index is 1.46. The monoisotopic (exact) mass is 346 g/mol. The maximum Gasteiger partial charge on any atom is 0.272 e. The molecule has 0 aliphatic carbocycles. The number of carbonyl (C=O) groups is 1. The topological polar surface area (TPSA) is 59.0 Å². The molecule has 0 radical (unpaired) electrons. The Hall–Kier alpha value is -2.82.